The lowest BCUT2D eigenvalue weighted by Gasteiger charge is -2.32. The van der Waals surface area contributed by atoms with E-state index < -0.39 is 6.04 Å². The van der Waals surface area contributed by atoms with Gasteiger partial charge >= 0.3 is 0 Å². The van der Waals surface area contributed by atoms with Crippen molar-refractivity contribution in [1.29, 1.82) is 0 Å². The van der Waals surface area contributed by atoms with Gasteiger partial charge in [-0.15, -0.1) is 0 Å². The minimum atomic E-state index is -0.573. The molecule has 0 spiro atoms. The van der Waals surface area contributed by atoms with Crippen molar-refractivity contribution in [3.63, 3.8) is 0 Å². The molecular weight excluding hydrogens is 228 g/mol. The molecule has 0 aromatic heterocycles. The molecule has 2 atom stereocenters. The molecule has 1 fully saturated rings. The summed E-state index contributed by atoms with van der Waals surface area (Å²) in [6, 6.07) is 7.22. The Kier molecular flexibility index (Phi) is 3.99. The lowest BCUT2D eigenvalue weighted by atomic mass is 10.0. The van der Waals surface area contributed by atoms with E-state index in [4.69, 9.17) is 10.5 Å². The summed E-state index contributed by atoms with van der Waals surface area (Å²) in [5.74, 6) is -0.0194. The topological polar surface area (TPSA) is 55.6 Å². The fourth-order valence-corrected chi connectivity index (χ4v) is 2.13. The van der Waals surface area contributed by atoms with E-state index in [1.165, 1.54) is 5.56 Å². The maximum Gasteiger partial charge on any atom is 0.244 e. The van der Waals surface area contributed by atoms with Gasteiger partial charge in [0.2, 0.25) is 5.91 Å². The second-order valence-electron chi connectivity index (χ2n) is 4.85. The zero-order valence-electron chi connectivity index (χ0n) is 10.9. The number of aryl methyl sites for hydroxylation is 1. The first kappa shape index (κ1) is 13.1. The molecule has 1 saturated heterocycles. The highest BCUT2D eigenvalue weighted by Gasteiger charge is 2.26. The lowest BCUT2D eigenvalue weighted by Crippen LogP contribution is -2.47. The normalized spacial score (nSPS) is 21.7. The van der Waals surface area contributed by atoms with Crippen molar-refractivity contribution < 1.29 is 9.53 Å². The highest BCUT2D eigenvalue weighted by molar-refractivity contribution is 5.83. The molecule has 2 rings (SSSR count). The Labute approximate surface area is 108 Å². The van der Waals surface area contributed by atoms with E-state index in [1.54, 1.807) is 4.90 Å². The fourth-order valence-electron chi connectivity index (χ4n) is 2.13. The van der Waals surface area contributed by atoms with E-state index in [0.29, 0.717) is 19.7 Å². The molecule has 0 bridgehead atoms. The van der Waals surface area contributed by atoms with Gasteiger partial charge in [0, 0.05) is 13.1 Å². The minimum absolute atomic E-state index is 0.0194. The molecule has 1 heterocycles. The molecule has 98 valence electrons. The van der Waals surface area contributed by atoms with Crippen LogP contribution in [0.2, 0.25) is 0 Å². The molecular formula is C14H20N2O2. The summed E-state index contributed by atoms with van der Waals surface area (Å²) in [5, 5.41) is 0. The van der Waals surface area contributed by atoms with Gasteiger partial charge in [-0.1, -0.05) is 29.8 Å². The molecule has 0 saturated carbocycles. The quantitative estimate of drug-likeness (QED) is 0.856. The van der Waals surface area contributed by atoms with E-state index in [0.717, 1.165) is 5.56 Å². The number of benzene rings is 1. The lowest BCUT2D eigenvalue weighted by molar-refractivity contribution is -0.139. The monoisotopic (exact) mass is 248 g/mol. The molecule has 1 aromatic carbocycles. The van der Waals surface area contributed by atoms with Crippen LogP contribution in [0.25, 0.3) is 0 Å². The first-order valence-electron chi connectivity index (χ1n) is 6.30. The third-order valence-electron chi connectivity index (χ3n) is 3.26. The number of carbonyl (C=O) groups is 1. The van der Waals surface area contributed by atoms with Crippen molar-refractivity contribution in [2.45, 2.75) is 26.0 Å². The smallest absolute Gasteiger partial charge is 0.244 e. The third kappa shape index (κ3) is 2.89. The van der Waals surface area contributed by atoms with Crippen LogP contribution >= 0.6 is 0 Å². The highest BCUT2D eigenvalue weighted by Crippen LogP contribution is 2.16. The van der Waals surface area contributed by atoms with Crippen LogP contribution in [-0.4, -0.2) is 36.6 Å². The van der Waals surface area contributed by atoms with Crippen molar-refractivity contribution in [2.75, 3.05) is 19.7 Å². The Bertz CT molecular complexity index is 416. The molecule has 4 heteroatoms. The first-order valence-corrected chi connectivity index (χ1v) is 6.30. The number of amides is 1. The number of nitrogens with zero attached hydrogens (tertiary/aromatic N) is 1. The summed E-state index contributed by atoms with van der Waals surface area (Å²) in [6.45, 7) is 5.83. The molecule has 4 nitrogen and oxygen atoms in total. The summed E-state index contributed by atoms with van der Waals surface area (Å²) in [7, 11) is 0. The van der Waals surface area contributed by atoms with Crippen molar-refractivity contribution in [3.8, 4) is 0 Å². The van der Waals surface area contributed by atoms with Crippen molar-refractivity contribution >= 4 is 5.91 Å². The predicted octanol–water partition coefficient (Wildman–Crippen LogP) is 1.24. The molecule has 1 aliphatic rings. The Morgan fingerprint density at radius 2 is 2.11 bits per heavy atom. The van der Waals surface area contributed by atoms with Gasteiger partial charge < -0.3 is 15.4 Å². The van der Waals surface area contributed by atoms with Gasteiger partial charge in [0.25, 0.3) is 0 Å². The van der Waals surface area contributed by atoms with Crippen LogP contribution < -0.4 is 5.73 Å². The number of nitrogens with two attached hydrogens (primary N) is 1. The SMILES string of the molecule is Cc1ccc(C(N)C(=O)N2CCOC(C)C2)cc1. The summed E-state index contributed by atoms with van der Waals surface area (Å²) < 4.78 is 5.42. The van der Waals surface area contributed by atoms with Crippen molar-refractivity contribution in [1.82, 2.24) is 4.90 Å². The maximum atomic E-state index is 12.3. The number of hydrogen-bond acceptors (Lipinski definition) is 3. The molecule has 1 aliphatic heterocycles. The number of morpholine rings is 1. The van der Waals surface area contributed by atoms with Gasteiger partial charge in [-0.25, -0.2) is 0 Å². The standard InChI is InChI=1S/C14H20N2O2/c1-10-3-5-12(6-4-10)13(15)14(17)16-7-8-18-11(2)9-16/h3-6,11,13H,7-9,15H2,1-2H3. The van der Waals surface area contributed by atoms with Gasteiger partial charge in [-0.2, -0.15) is 0 Å². The molecule has 2 unspecified atom stereocenters. The van der Waals surface area contributed by atoms with E-state index in [-0.39, 0.29) is 12.0 Å². The van der Waals surface area contributed by atoms with Gasteiger partial charge in [-0.3, -0.25) is 4.79 Å². The Morgan fingerprint density at radius 1 is 1.44 bits per heavy atom. The van der Waals surface area contributed by atoms with Crippen LogP contribution in [-0.2, 0) is 9.53 Å². The summed E-state index contributed by atoms with van der Waals surface area (Å²) >= 11 is 0. The largest absolute Gasteiger partial charge is 0.375 e. The van der Waals surface area contributed by atoms with Crippen LogP contribution in [0.1, 0.15) is 24.1 Å². The van der Waals surface area contributed by atoms with E-state index >= 15 is 0 Å². The van der Waals surface area contributed by atoms with Gasteiger partial charge in [0.05, 0.1) is 12.7 Å². The van der Waals surface area contributed by atoms with Crippen LogP contribution in [0.4, 0.5) is 0 Å². The third-order valence-corrected chi connectivity index (χ3v) is 3.26. The fraction of sp³-hybridized carbons (Fsp3) is 0.500. The van der Waals surface area contributed by atoms with Gasteiger partial charge in [0.1, 0.15) is 6.04 Å². The average molecular weight is 248 g/mol. The first-order chi connectivity index (χ1) is 8.58. The number of rotatable bonds is 2. The number of ether oxygens (including phenoxy) is 1. The highest BCUT2D eigenvalue weighted by atomic mass is 16.5. The van der Waals surface area contributed by atoms with Crippen LogP contribution in [0.5, 0.6) is 0 Å². The Balaban J connectivity index is 2.06. The number of hydrogen-bond donors (Lipinski definition) is 1. The van der Waals surface area contributed by atoms with E-state index in [9.17, 15) is 4.79 Å². The Morgan fingerprint density at radius 3 is 2.72 bits per heavy atom. The molecule has 0 aliphatic carbocycles. The zero-order valence-corrected chi connectivity index (χ0v) is 10.9. The van der Waals surface area contributed by atoms with E-state index in [2.05, 4.69) is 0 Å². The molecule has 0 radical (unpaired) electrons. The second kappa shape index (κ2) is 5.50. The van der Waals surface area contributed by atoms with E-state index in [1.807, 2.05) is 38.1 Å². The Hall–Kier alpha value is -1.39. The minimum Gasteiger partial charge on any atom is -0.375 e. The zero-order chi connectivity index (χ0) is 13.1. The molecule has 1 aromatic rings. The van der Waals surface area contributed by atoms with Crippen molar-refractivity contribution in [3.05, 3.63) is 35.4 Å². The maximum absolute atomic E-state index is 12.3. The predicted molar refractivity (Wildman–Crippen MR) is 70.1 cm³/mol. The van der Waals surface area contributed by atoms with Crippen molar-refractivity contribution in [2.24, 2.45) is 5.73 Å². The average Bonchev–Trinajstić information content (AvgIpc) is 2.38. The summed E-state index contributed by atoms with van der Waals surface area (Å²) in [6.07, 6.45) is 0.0907. The van der Waals surface area contributed by atoms with Crippen LogP contribution in [0.15, 0.2) is 24.3 Å². The molecule has 1 amide bonds. The van der Waals surface area contributed by atoms with Crippen LogP contribution in [0, 0.1) is 6.92 Å². The van der Waals surface area contributed by atoms with Gasteiger partial charge in [0.15, 0.2) is 0 Å². The molecule has 2 N–H and O–H groups in total. The second-order valence-corrected chi connectivity index (χ2v) is 4.85. The summed E-state index contributed by atoms with van der Waals surface area (Å²) in [4.78, 5) is 14.1. The van der Waals surface area contributed by atoms with Gasteiger partial charge in [-0.05, 0) is 19.4 Å². The van der Waals surface area contributed by atoms with Crippen LogP contribution in [0.3, 0.4) is 0 Å². The number of carbonyl (C=O) groups excluding carboxylic acids is 1. The summed E-state index contributed by atoms with van der Waals surface area (Å²) in [5.41, 5.74) is 8.06. The molecule has 18 heavy (non-hydrogen) atoms.